The van der Waals surface area contributed by atoms with Crippen LogP contribution >= 0.6 is 12.4 Å². The van der Waals surface area contributed by atoms with Crippen LogP contribution in [0.2, 0.25) is 0 Å². The molecule has 0 spiro atoms. The standard InChI is InChI=1S/C21H26N4O5.ClH/c1-12-17(19(27)25(3)21(30)24(12)2)14-8-6-13(7-9-14)11-16(20(28)29)23-18(26)15-5-4-10-22-15;/h6-9,15-16,22H,4-5,10-11H2,1-3H3,(H,23,26)(H,28,29);1H/t15-,16-;/m0./s1. The van der Waals surface area contributed by atoms with Crippen molar-refractivity contribution in [1.82, 2.24) is 19.8 Å². The molecule has 9 nitrogen and oxygen atoms in total. The van der Waals surface area contributed by atoms with Crippen LogP contribution in [0.5, 0.6) is 0 Å². The first-order valence-corrected chi connectivity index (χ1v) is 9.83. The molecule has 3 rings (SSSR count). The molecule has 1 saturated heterocycles. The van der Waals surface area contributed by atoms with Gasteiger partial charge in [-0.25, -0.2) is 9.59 Å². The first kappa shape index (κ1) is 24.4. The van der Waals surface area contributed by atoms with Gasteiger partial charge in [0, 0.05) is 26.2 Å². The maximum absolute atomic E-state index is 12.6. The second-order valence-electron chi connectivity index (χ2n) is 7.62. The molecule has 2 atom stereocenters. The second-order valence-corrected chi connectivity index (χ2v) is 7.62. The summed E-state index contributed by atoms with van der Waals surface area (Å²) in [6.45, 7) is 2.46. The number of halogens is 1. The Hall–Kier alpha value is -2.91. The minimum Gasteiger partial charge on any atom is -0.480 e. The Kier molecular flexibility index (Phi) is 7.80. The predicted octanol–water partition coefficient (Wildman–Crippen LogP) is 0.345. The van der Waals surface area contributed by atoms with Crippen molar-refractivity contribution in [3.8, 4) is 11.1 Å². The Morgan fingerprint density at radius 2 is 1.84 bits per heavy atom. The van der Waals surface area contributed by atoms with E-state index in [0.717, 1.165) is 17.5 Å². The van der Waals surface area contributed by atoms with Crippen LogP contribution in [-0.4, -0.2) is 44.7 Å². The van der Waals surface area contributed by atoms with E-state index in [1.165, 1.54) is 11.6 Å². The number of aromatic nitrogens is 2. The summed E-state index contributed by atoms with van der Waals surface area (Å²) in [6.07, 6.45) is 1.71. The molecular weight excluding hydrogens is 424 g/mol. The summed E-state index contributed by atoms with van der Waals surface area (Å²) in [5, 5.41) is 15.2. The van der Waals surface area contributed by atoms with E-state index in [2.05, 4.69) is 10.6 Å². The highest BCUT2D eigenvalue weighted by Crippen LogP contribution is 2.19. The van der Waals surface area contributed by atoms with E-state index in [4.69, 9.17) is 0 Å². The van der Waals surface area contributed by atoms with E-state index in [1.807, 2.05) is 0 Å². The van der Waals surface area contributed by atoms with Gasteiger partial charge in [-0.3, -0.25) is 14.2 Å². The van der Waals surface area contributed by atoms with Gasteiger partial charge in [0.25, 0.3) is 5.56 Å². The van der Waals surface area contributed by atoms with E-state index in [1.54, 1.807) is 38.2 Å². The van der Waals surface area contributed by atoms with Gasteiger partial charge in [0.15, 0.2) is 0 Å². The molecule has 2 aromatic rings. The summed E-state index contributed by atoms with van der Waals surface area (Å²) < 4.78 is 2.47. The first-order valence-electron chi connectivity index (χ1n) is 9.83. The lowest BCUT2D eigenvalue weighted by Gasteiger charge is -2.18. The molecule has 10 heteroatoms. The Labute approximate surface area is 185 Å². The highest BCUT2D eigenvalue weighted by atomic mass is 35.5. The van der Waals surface area contributed by atoms with Crippen molar-refractivity contribution in [2.45, 2.75) is 38.3 Å². The molecule has 0 saturated carbocycles. The highest BCUT2D eigenvalue weighted by Gasteiger charge is 2.27. The minimum atomic E-state index is -1.10. The summed E-state index contributed by atoms with van der Waals surface area (Å²) in [5.41, 5.74) is 1.54. The Balaban J connectivity index is 0.00000341. The molecule has 0 unspecified atom stereocenters. The van der Waals surface area contributed by atoms with Crippen LogP contribution in [0.25, 0.3) is 11.1 Å². The fourth-order valence-electron chi connectivity index (χ4n) is 3.70. The van der Waals surface area contributed by atoms with Crippen molar-refractivity contribution in [2.24, 2.45) is 14.1 Å². The zero-order chi connectivity index (χ0) is 22.0. The van der Waals surface area contributed by atoms with Gasteiger partial charge in [0.1, 0.15) is 6.04 Å². The van der Waals surface area contributed by atoms with Crippen LogP contribution in [0.3, 0.4) is 0 Å². The number of carboxylic acid groups (broad SMARTS) is 1. The number of nitrogens with zero attached hydrogens (tertiary/aromatic N) is 2. The van der Waals surface area contributed by atoms with Gasteiger partial charge in [-0.1, -0.05) is 24.3 Å². The van der Waals surface area contributed by atoms with Gasteiger partial charge in [-0.2, -0.15) is 0 Å². The van der Waals surface area contributed by atoms with Crippen LogP contribution in [-0.2, 0) is 30.1 Å². The van der Waals surface area contributed by atoms with Crippen molar-refractivity contribution in [3.63, 3.8) is 0 Å². The van der Waals surface area contributed by atoms with Gasteiger partial charge in [0.2, 0.25) is 5.91 Å². The van der Waals surface area contributed by atoms with Crippen molar-refractivity contribution in [1.29, 1.82) is 0 Å². The molecule has 2 heterocycles. The van der Waals surface area contributed by atoms with Crippen LogP contribution < -0.4 is 21.9 Å². The molecule has 3 N–H and O–H groups in total. The van der Waals surface area contributed by atoms with Gasteiger partial charge >= 0.3 is 11.7 Å². The predicted molar refractivity (Wildman–Crippen MR) is 119 cm³/mol. The maximum atomic E-state index is 12.6. The number of amides is 1. The molecule has 1 aromatic carbocycles. The maximum Gasteiger partial charge on any atom is 0.330 e. The lowest BCUT2D eigenvalue weighted by atomic mass is 10.00. The third-order valence-corrected chi connectivity index (χ3v) is 5.63. The molecule has 1 aliphatic rings. The summed E-state index contributed by atoms with van der Waals surface area (Å²) in [6, 6.07) is 5.52. The lowest BCUT2D eigenvalue weighted by Crippen LogP contribution is -2.49. The van der Waals surface area contributed by atoms with Crippen LogP contribution in [0.4, 0.5) is 0 Å². The average molecular weight is 451 g/mol. The topological polar surface area (TPSA) is 122 Å². The van der Waals surface area contributed by atoms with Crippen LogP contribution in [0, 0.1) is 6.92 Å². The van der Waals surface area contributed by atoms with Gasteiger partial charge in [-0.05, 0) is 37.4 Å². The number of hydrogen-bond acceptors (Lipinski definition) is 5. The Morgan fingerprint density at radius 3 is 2.39 bits per heavy atom. The van der Waals surface area contributed by atoms with Crippen molar-refractivity contribution >= 4 is 24.3 Å². The van der Waals surface area contributed by atoms with Crippen LogP contribution in [0.15, 0.2) is 33.9 Å². The van der Waals surface area contributed by atoms with Crippen molar-refractivity contribution < 1.29 is 14.7 Å². The van der Waals surface area contributed by atoms with Crippen molar-refractivity contribution in [3.05, 3.63) is 56.4 Å². The van der Waals surface area contributed by atoms with Crippen LogP contribution in [0.1, 0.15) is 24.1 Å². The molecular formula is C21H27ClN4O5. The van der Waals surface area contributed by atoms with Gasteiger partial charge in [-0.15, -0.1) is 12.4 Å². The molecule has 1 aliphatic heterocycles. The number of hydrogen-bond donors (Lipinski definition) is 3. The van der Waals surface area contributed by atoms with E-state index in [0.29, 0.717) is 28.8 Å². The molecule has 0 bridgehead atoms. The zero-order valence-electron chi connectivity index (χ0n) is 17.7. The Morgan fingerprint density at radius 1 is 1.19 bits per heavy atom. The minimum absolute atomic E-state index is 0. The van der Waals surface area contributed by atoms with E-state index in [9.17, 15) is 24.3 Å². The Bertz CT molecular complexity index is 1080. The normalized spacial score (nSPS) is 16.4. The molecule has 0 aliphatic carbocycles. The monoisotopic (exact) mass is 450 g/mol. The summed E-state index contributed by atoms with van der Waals surface area (Å²) in [5.74, 6) is -1.41. The zero-order valence-corrected chi connectivity index (χ0v) is 18.5. The quantitative estimate of drug-likeness (QED) is 0.583. The smallest absolute Gasteiger partial charge is 0.330 e. The first-order chi connectivity index (χ1) is 14.2. The summed E-state index contributed by atoms with van der Waals surface area (Å²) >= 11 is 0. The van der Waals surface area contributed by atoms with Crippen molar-refractivity contribution in [2.75, 3.05) is 6.54 Å². The number of carbonyl (C=O) groups excluding carboxylic acids is 1. The van der Waals surface area contributed by atoms with Gasteiger partial charge in [0.05, 0.1) is 11.6 Å². The summed E-state index contributed by atoms with van der Waals surface area (Å²) in [7, 11) is 3.04. The number of rotatable bonds is 6. The number of carbonyl (C=O) groups is 2. The molecule has 1 fully saturated rings. The third kappa shape index (κ3) is 5.05. The van der Waals surface area contributed by atoms with Gasteiger partial charge < -0.3 is 20.3 Å². The molecule has 31 heavy (non-hydrogen) atoms. The highest BCUT2D eigenvalue weighted by molar-refractivity contribution is 5.87. The lowest BCUT2D eigenvalue weighted by molar-refractivity contribution is -0.142. The molecule has 1 aromatic heterocycles. The molecule has 0 radical (unpaired) electrons. The fraction of sp³-hybridized carbons (Fsp3) is 0.429. The van der Waals surface area contributed by atoms with E-state index in [-0.39, 0.29) is 36.3 Å². The average Bonchev–Trinajstić information content (AvgIpc) is 3.26. The van der Waals surface area contributed by atoms with E-state index < -0.39 is 17.7 Å². The molecule has 168 valence electrons. The largest absolute Gasteiger partial charge is 0.480 e. The summed E-state index contributed by atoms with van der Waals surface area (Å²) in [4.78, 5) is 48.5. The second kappa shape index (κ2) is 9.93. The number of aliphatic carboxylic acids is 1. The van der Waals surface area contributed by atoms with E-state index >= 15 is 0 Å². The molecule has 1 amide bonds. The third-order valence-electron chi connectivity index (χ3n) is 5.63. The number of benzene rings is 1. The SMILES string of the molecule is Cc1c(-c2ccc(C[C@H](NC(=O)[C@@H]3CCCN3)C(=O)O)cc2)c(=O)n(C)c(=O)n1C.Cl. The number of carboxylic acids is 1. The fourth-order valence-corrected chi connectivity index (χ4v) is 3.70. The number of nitrogens with one attached hydrogen (secondary N) is 2.